The summed E-state index contributed by atoms with van der Waals surface area (Å²) >= 11 is 0. The van der Waals surface area contributed by atoms with Crippen molar-refractivity contribution in [2.45, 2.75) is 12.1 Å². The minimum absolute atomic E-state index is 0.0112. The van der Waals surface area contributed by atoms with Crippen LogP contribution in [-0.2, 0) is 15.7 Å². The zero-order valence-corrected chi connectivity index (χ0v) is 15.4. The third-order valence-corrected chi connectivity index (χ3v) is 4.97. The molecule has 0 saturated heterocycles. The Balaban J connectivity index is 2.04. The fourth-order valence-corrected chi connectivity index (χ4v) is 3.64. The smallest absolute Gasteiger partial charge is 0.416 e. The van der Waals surface area contributed by atoms with Crippen molar-refractivity contribution in [3.05, 3.63) is 75.6 Å². The van der Waals surface area contributed by atoms with Crippen LogP contribution in [0.5, 0.6) is 5.75 Å². The average Bonchev–Trinajstić information content (AvgIpc) is 2.72. The molecule has 9 heteroatoms. The minimum Gasteiger partial charge on any atom is -0.468 e. The normalized spacial score (nSPS) is 18.6. The Kier molecular flexibility index (Phi) is 4.60. The third-order valence-electron chi connectivity index (χ3n) is 4.97. The van der Waals surface area contributed by atoms with E-state index in [1.54, 1.807) is 18.2 Å². The third kappa shape index (κ3) is 3.12. The number of fused-ring (bicyclic) bond motifs is 3. The van der Waals surface area contributed by atoms with Crippen molar-refractivity contribution < 1.29 is 31.9 Å². The molecule has 0 bridgehead atoms. The first-order valence-corrected chi connectivity index (χ1v) is 8.79. The summed E-state index contributed by atoms with van der Waals surface area (Å²) in [7, 11) is 1.08. The van der Waals surface area contributed by atoms with Gasteiger partial charge in [-0.1, -0.05) is 30.3 Å². The maximum Gasteiger partial charge on any atom is 0.416 e. The summed E-state index contributed by atoms with van der Waals surface area (Å²) < 4.78 is 55.4. The van der Waals surface area contributed by atoms with Gasteiger partial charge in [0.2, 0.25) is 5.90 Å². The number of ether oxygens (including phenoxy) is 2. The number of carbonyl (C=O) groups excluding carboxylic acids is 1. The Morgan fingerprint density at radius 1 is 1.13 bits per heavy atom. The number of rotatable bonds is 2. The summed E-state index contributed by atoms with van der Waals surface area (Å²) in [5, 5.41) is 8.59. The highest BCUT2D eigenvalue weighted by Gasteiger charge is 2.45. The van der Waals surface area contributed by atoms with Crippen molar-refractivity contribution in [2.75, 3.05) is 7.11 Å². The topological polar surface area (TPSA) is 89.6 Å². The van der Waals surface area contributed by atoms with Gasteiger partial charge in [0.05, 0.1) is 23.6 Å². The van der Waals surface area contributed by atoms with Crippen molar-refractivity contribution in [3.8, 4) is 5.75 Å². The Morgan fingerprint density at radius 3 is 2.57 bits per heavy atom. The van der Waals surface area contributed by atoms with Gasteiger partial charge in [-0.2, -0.15) is 13.2 Å². The number of alkyl halides is 3. The van der Waals surface area contributed by atoms with Gasteiger partial charge in [-0.3, -0.25) is 10.2 Å². The molecule has 154 valence electrons. The van der Waals surface area contributed by atoms with Crippen molar-refractivity contribution in [2.24, 2.45) is 5.92 Å². The van der Waals surface area contributed by atoms with Crippen LogP contribution in [0.2, 0.25) is 0 Å². The van der Waals surface area contributed by atoms with Crippen LogP contribution in [0.25, 0.3) is 11.0 Å². The van der Waals surface area contributed by atoms with E-state index in [1.807, 2.05) is 0 Å². The lowest BCUT2D eigenvalue weighted by Gasteiger charge is -2.32. The van der Waals surface area contributed by atoms with Gasteiger partial charge in [-0.05, 0) is 23.8 Å². The van der Waals surface area contributed by atoms with E-state index in [0.717, 1.165) is 19.2 Å². The summed E-state index contributed by atoms with van der Waals surface area (Å²) in [5.41, 5.74) is -1.76. The largest absolute Gasteiger partial charge is 0.468 e. The molecular weight excluding hydrogens is 403 g/mol. The van der Waals surface area contributed by atoms with Crippen molar-refractivity contribution >= 4 is 22.8 Å². The summed E-state index contributed by atoms with van der Waals surface area (Å²) in [6, 6.07) is 10.7. The molecule has 2 unspecified atom stereocenters. The molecule has 2 heterocycles. The molecule has 1 N–H and O–H groups in total. The standard InChI is InChI=1S/C21H14F3NO5/c1-28-19(26)16-14(10-5-4-6-11(9-10)21(22,23)24)15-17(30-18(16)25)12-7-2-3-8-13(12)29-20(15)27/h2-9,14,16,25H,1H3. The molecule has 0 saturated carbocycles. The fourth-order valence-electron chi connectivity index (χ4n) is 3.64. The number of carbonyl (C=O) groups is 1. The van der Waals surface area contributed by atoms with Crippen LogP contribution in [0, 0.1) is 11.3 Å². The molecule has 0 amide bonds. The maximum atomic E-state index is 13.3. The van der Waals surface area contributed by atoms with Gasteiger partial charge in [0, 0.05) is 5.92 Å². The number of hydrogen-bond acceptors (Lipinski definition) is 6. The van der Waals surface area contributed by atoms with Crippen LogP contribution < -0.4 is 10.4 Å². The van der Waals surface area contributed by atoms with Gasteiger partial charge in [0.15, 0.2) is 5.75 Å². The predicted molar refractivity (Wildman–Crippen MR) is 99.6 cm³/mol. The Bertz CT molecular complexity index is 1230. The lowest BCUT2D eigenvalue weighted by atomic mass is 9.78. The molecule has 30 heavy (non-hydrogen) atoms. The quantitative estimate of drug-likeness (QED) is 0.501. The molecule has 2 aromatic carbocycles. The monoisotopic (exact) mass is 417 g/mol. The van der Waals surface area contributed by atoms with Crippen molar-refractivity contribution in [1.29, 1.82) is 5.41 Å². The van der Waals surface area contributed by atoms with Gasteiger partial charge < -0.3 is 13.9 Å². The lowest BCUT2D eigenvalue weighted by molar-refractivity contribution is -0.143. The molecule has 0 aliphatic carbocycles. The Labute approximate surface area is 167 Å². The number of para-hydroxylation sites is 1. The predicted octanol–water partition coefficient (Wildman–Crippen LogP) is 4.10. The molecule has 0 radical (unpaired) electrons. The van der Waals surface area contributed by atoms with Gasteiger partial charge >= 0.3 is 17.8 Å². The summed E-state index contributed by atoms with van der Waals surface area (Å²) in [6.07, 6.45) is -4.63. The number of nitrogens with one attached hydrogen (secondary N) is 1. The van der Waals surface area contributed by atoms with E-state index in [2.05, 4.69) is 0 Å². The number of methoxy groups -OCH3 is 1. The van der Waals surface area contributed by atoms with E-state index in [0.29, 0.717) is 5.39 Å². The first-order valence-electron chi connectivity index (χ1n) is 8.79. The highest BCUT2D eigenvalue weighted by molar-refractivity contribution is 6.02. The first-order chi connectivity index (χ1) is 14.2. The molecule has 1 aromatic heterocycles. The van der Waals surface area contributed by atoms with Gasteiger partial charge in [-0.15, -0.1) is 0 Å². The Hall–Kier alpha value is -3.62. The van der Waals surface area contributed by atoms with Crippen molar-refractivity contribution in [3.63, 3.8) is 0 Å². The molecule has 6 nitrogen and oxygen atoms in total. The summed E-state index contributed by atoms with van der Waals surface area (Å²) in [5.74, 6) is -4.17. The molecule has 4 rings (SSSR count). The van der Waals surface area contributed by atoms with E-state index in [9.17, 15) is 22.8 Å². The van der Waals surface area contributed by atoms with Crippen LogP contribution >= 0.6 is 0 Å². The van der Waals surface area contributed by atoms with E-state index >= 15 is 0 Å². The zero-order valence-electron chi connectivity index (χ0n) is 15.4. The molecule has 3 aromatic rings. The number of benzene rings is 2. The second kappa shape index (κ2) is 7.01. The van der Waals surface area contributed by atoms with Crippen LogP contribution in [-0.4, -0.2) is 19.0 Å². The van der Waals surface area contributed by atoms with Crippen molar-refractivity contribution in [1.82, 2.24) is 0 Å². The van der Waals surface area contributed by atoms with Gasteiger partial charge in [-0.25, -0.2) is 4.79 Å². The highest BCUT2D eigenvalue weighted by Crippen LogP contribution is 2.45. The SMILES string of the molecule is COC(=O)C1C(=N)Oc2c(c(=O)oc3ccccc23)C1c1cccc(C(F)(F)F)c1. The zero-order chi connectivity index (χ0) is 21.6. The Morgan fingerprint density at radius 2 is 1.87 bits per heavy atom. The first kappa shape index (κ1) is 19.7. The molecule has 1 aliphatic heterocycles. The summed E-state index contributed by atoms with van der Waals surface area (Å²) in [6.45, 7) is 0. The molecule has 0 fully saturated rings. The average molecular weight is 417 g/mol. The van der Waals surface area contributed by atoms with E-state index in [4.69, 9.17) is 19.3 Å². The molecule has 1 aliphatic rings. The maximum absolute atomic E-state index is 13.3. The van der Waals surface area contributed by atoms with Crippen LogP contribution in [0.15, 0.2) is 57.7 Å². The van der Waals surface area contributed by atoms with Crippen LogP contribution in [0.1, 0.15) is 22.6 Å². The fraction of sp³-hybridized carbons (Fsp3) is 0.190. The second-order valence-corrected chi connectivity index (χ2v) is 6.70. The van der Waals surface area contributed by atoms with E-state index < -0.39 is 41.1 Å². The van der Waals surface area contributed by atoms with Crippen LogP contribution in [0.3, 0.4) is 0 Å². The molecule has 0 spiro atoms. The molecule has 2 atom stereocenters. The van der Waals surface area contributed by atoms with Gasteiger partial charge in [0.1, 0.15) is 11.5 Å². The number of halogens is 3. The number of hydrogen-bond donors (Lipinski definition) is 1. The summed E-state index contributed by atoms with van der Waals surface area (Å²) in [4.78, 5) is 25.2. The number of esters is 1. The lowest BCUT2D eigenvalue weighted by Crippen LogP contribution is -2.40. The highest BCUT2D eigenvalue weighted by atomic mass is 19.4. The minimum atomic E-state index is -4.63. The van der Waals surface area contributed by atoms with Gasteiger partial charge in [0.25, 0.3) is 0 Å². The van der Waals surface area contributed by atoms with E-state index in [-0.39, 0.29) is 22.5 Å². The van der Waals surface area contributed by atoms with E-state index in [1.165, 1.54) is 18.2 Å². The van der Waals surface area contributed by atoms with Crippen LogP contribution in [0.4, 0.5) is 13.2 Å². The molecular formula is C21H14F3NO5. The second-order valence-electron chi connectivity index (χ2n) is 6.70.